The van der Waals surface area contributed by atoms with Gasteiger partial charge in [0.25, 0.3) is 0 Å². The van der Waals surface area contributed by atoms with Crippen molar-refractivity contribution in [3.05, 3.63) is 0 Å². The van der Waals surface area contributed by atoms with Crippen LogP contribution in [0.4, 0.5) is 0 Å². The molecule has 0 aliphatic carbocycles. The maximum atomic E-state index is 11.4. The Balaban J connectivity index is 3.12. The van der Waals surface area contributed by atoms with Crippen LogP contribution >= 0.6 is 0 Å². The van der Waals surface area contributed by atoms with Crippen molar-refractivity contribution in [1.82, 2.24) is 0 Å². The molecule has 18 heavy (non-hydrogen) atoms. The van der Waals surface area contributed by atoms with Gasteiger partial charge in [-0.1, -0.05) is 39.5 Å². The highest BCUT2D eigenvalue weighted by Crippen LogP contribution is 2.04. The molecule has 0 aliphatic rings. The maximum absolute atomic E-state index is 11.4. The maximum Gasteiger partial charge on any atom is 0.305 e. The van der Waals surface area contributed by atoms with Crippen LogP contribution in [0.3, 0.4) is 0 Å². The third-order valence-corrected chi connectivity index (χ3v) is 2.78. The molecule has 0 spiro atoms. The van der Waals surface area contributed by atoms with Gasteiger partial charge >= 0.3 is 5.97 Å². The van der Waals surface area contributed by atoms with Crippen LogP contribution in [0.1, 0.15) is 71.6 Å². The lowest BCUT2D eigenvalue weighted by Crippen LogP contribution is -2.05. The van der Waals surface area contributed by atoms with Crippen LogP contribution in [0.15, 0.2) is 0 Å². The molecule has 0 fully saturated rings. The first-order valence-corrected chi connectivity index (χ1v) is 7.54. The lowest BCUT2D eigenvalue weighted by atomic mass is 10.2. The summed E-state index contributed by atoms with van der Waals surface area (Å²) in [6, 6.07) is 0. The first-order valence-electron chi connectivity index (χ1n) is 7.54. The van der Waals surface area contributed by atoms with Crippen molar-refractivity contribution in [1.29, 1.82) is 0 Å². The monoisotopic (exact) mass is 258 g/mol. The molecule has 0 aromatic carbocycles. The summed E-state index contributed by atoms with van der Waals surface area (Å²) in [6.45, 7) is 6.55. The number of carbonyl (C=O) groups excluding carboxylic acids is 1. The van der Waals surface area contributed by atoms with E-state index in [4.69, 9.17) is 9.47 Å². The van der Waals surface area contributed by atoms with E-state index in [1.165, 1.54) is 19.3 Å². The second-order valence-corrected chi connectivity index (χ2v) is 4.70. The Labute approximate surface area is 112 Å². The van der Waals surface area contributed by atoms with Crippen molar-refractivity contribution in [3.63, 3.8) is 0 Å². The van der Waals surface area contributed by atoms with E-state index < -0.39 is 0 Å². The predicted octanol–water partition coefficient (Wildman–Crippen LogP) is 4.10. The Morgan fingerprint density at radius 1 is 0.778 bits per heavy atom. The second kappa shape index (κ2) is 14.5. The number of rotatable bonds is 13. The molecule has 0 unspecified atom stereocenters. The van der Waals surface area contributed by atoms with Crippen molar-refractivity contribution in [2.45, 2.75) is 71.6 Å². The largest absolute Gasteiger partial charge is 0.466 e. The SMILES string of the molecule is CCCCCCOC(=O)CCCCCOCCC. The number of unbranched alkanes of at least 4 members (excludes halogenated alkanes) is 5. The standard InChI is InChI=1S/C15H30O3/c1-3-5-6-10-14-18-15(16)11-8-7-9-13-17-12-4-2/h3-14H2,1-2H3. The first kappa shape index (κ1) is 17.4. The van der Waals surface area contributed by atoms with Crippen molar-refractivity contribution in [2.75, 3.05) is 19.8 Å². The highest BCUT2D eigenvalue weighted by molar-refractivity contribution is 5.69. The van der Waals surface area contributed by atoms with Gasteiger partial charge in [-0.2, -0.15) is 0 Å². The number of ether oxygens (including phenoxy) is 2. The van der Waals surface area contributed by atoms with E-state index in [1.54, 1.807) is 0 Å². The molecule has 0 aromatic rings. The minimum atomic E-state index is -0.0408. The van der Waals surface area contributed by atoms with Gasteiger partial charge in [0.1, 0.15) is 0 Å². The van der Waals surface area contributed by atoms with Crippen molar-refractivity contribution < 1.29 is 14.3 Å². The summed E-state index contributed by atoms with van der Waals surface area (Å²) in [4.78, 5) is 11.4. The molecule has 0 aromatic heterocycles. The fourth-order valence-electron chi connectivity index (χ4n) is 1.68. The van der Waals surface area contributed by atoms with Crippen LogP contribution in [0.2, 0.25) is 0 Å². The Hall–Kier alpha value is -0.570. The molecule has 3 nitrogen and oxygen atoms in total. The van der Waals surface area contributed by atoms with Crippen LogP contribution in [-0.4, -0.2) is 25.8 Å². The zero-order valence-electron chi connectivity index (χ0n) is 12.2. The van der Waals surface area contributed by atoms with E-state index in [-0.39, 0.29) is 5.97 Å². The zero-order chi connectivity index (χ0) is 13.5. The molecule has 0 atom stereocenters. The lowest BCUT2D eigenvalue weighted by Gasteiger charge is -2.05. The fourth-order valence-corrected chi connectivity index (χ4v) is 1.68. The van der Waals surface area contributed by atoms with Crippen molar-refractivity contribution >= 4 is 5.97 Å². The van der Waals surface area contributed by atoms with Gasteiger partial charge in [-0.05, 0) is 25.7 Å². The molecule has 0 rings (SSSR count). The van der Waals surface area contributed by atoms with Gasteiger partial charge in [0.2, 0.25) is 0 Å². The van der Waals surface area contributed by atoms with E-state index >= 15 is 0 Å². The highest BCUT2D eigenvalue weighted by Gasteiger charge is 2.02. The highest BCUT2D eigenvalue weighted by atomic mass is 16.5. The summed E-state index contributed by atoms with van der Waals surface area (Å²) < 4.78 is 10.5. The molecule has 3 heteroatoms. The lowest BCUT2D eigenvalue weighted by molar-refractivity contribution is -0.143. The van der Waals surface area contributed by atoms with Gasteiger partial charge < -0.3 is 9.47 Å². The van der Waals surface area contributed by atoms with Crippen LogP contribution in [-0.2, 0) is 14.3 Å². The third-order valence-electron chi connectivity index (χ3n) is 2.78. The summed E-state index contributed by atoms with van der Waals surface area (Å²) >= 11 is 0. The molecule has 0 amide bonds. The number of hydrogen-bond acceptors (Lipinski definition) is 3. The fraction of sp³-hybridized carbons (Fsp3) is 0.933. The van der Waals surface area contributed by atoms with Crippen LogP contribution in [0, 0.1) is 0 Å². The molecule has 0 bridgehead atoms. The second-order valence-electron chi connectivity index (χ2n) is 4.70. The minimum absolute atomic E-state index is 0.0408. The van der Waals surface area contributed by atoms with Crippen molar-refractivity contribution in [2.24, 2.45) is 0 Å². The molecule has 0 saturated heterocycles. The summed E-state index contributed by atoms with van der Waals surface area (Å²) in [6.07, 6.45) is 9.26. The molecule has 0 aliphatic heterocycles. The van der Waals surface area contributed by atoms with Gasteiger partial charge in [-0.3, -0.25) is 4.79 Å². The molecule has 108 valence electrons. The van der Waals surface area contributed by atoms with E-state index in [9.17, 15) is 4.79 Å². The Morgan fingerprint density at radius 2 is 1.50 bits per heavy atom. The van der Waals surface area contributed by atoms with Gasteiger partial charge in [-0.25, -0.2) is 0 Å². The Kier molecular flexibility index (Phi) is 14.0. The predicted molar refractivity (Wildman–Crippen MR) is 74.7 cm³/mol. The van der Waals surface area contributed by atoms with Gasteiger partial charge in [-0.15, -0.1) is 0 Å². The summed E-state index contributed by atoms with van der Waals surface area (Å²) in [7, 11) is 0. The average Bonchev–Trinajstić information content (AvgIpc) is 2.37. The van der Waals surface area contributed by atoms with Gasteiger partial charge in [0.15, 0.2) is 0 Å². The van der Waals surface area contributed by atoms with E-state index in [1.807, 2.05) is 0 Å². The normalized spacial score (nSPS) is 10.6. The quantitative estimate of drug-likeness (QED) is 0.368. The molecular formula is C15H30O3. The van der Waals surface area contributed by atoms with Crippen LogP contribution in [0.25, 0.3) is 0 Å². The van der Waals surface area contributed by atoms with E-state index in [2.05, 4.69) is 13.8 Å². The summed E-state index contributed by atoms with van der Waals surface area (Å²) in [5.41, 5.74) is 0. The Morgan fingerprint density at radius 3 is 2.22 bits per heavy atom. The Bertz CT molecular complexity index is 181. The molecule has 0 saturated carbocycles. The summed E-state index contributed by atoms with van der Waals surface area (Å²) in [5.74, 6) is -0.0408. The van der Waals surface area contributed by atoms with Crippen LogP contribution < -0.4 is 0 Å². The minimum Gasteiger partial charge on any atom is -0.466 e. The average molecular weight is 258 g/mol. The van der Waals surface area contributed by atoms with E-state index in [0.29, 0.717) is 13.0 Å². The van der Waals surface area contributed by atoms with Gasteiger partial charge in [0.05, 0.1) is 6.61 Å². The van der Waals surface area contributed by atoms with Crippen LogP contribution in [0.5, 0.6) is 0 Å². The summed E-state index contributed by atoms with van der Waals surface area (Å²) in [5, 5.41) is 0. The molecule has 0 heterocycles. The van der Waals surface area contributed by atoms with E-state index in [0.717, 1.165) is 45.3 Å². The zero-order valence-corrected chi connectivity index (χ0v) is 12.2. The molecule has 0 radical (unpaired) electrons. The van der Waals surface area contributed by atoms with Crippen molar-refractivity contribution in [3.8, 4) is 0 Å². The number of carbonyl (C=O) groups is 1. The third kappa shape index (κ3) is 13.5. The topological polar surface area (TPSA) is 35.5 Å². The smallest absolute Gasteiger partial charge is 0.305 e. The van der Waals surface area contributed by atoms with Gasteiger partial charge in [0, 0.05) is 19.6 Å². The number of esters is 1. The molecule has 0 N–H and O–H groups in total. The first-order chi connectivity index (χ1) is 8.81. The molecular weight excluding hydrogens is 228 g/mol. The number of hydrogen-bond donors (Lipinski definition) is 0.